The summed E-state index contributed by atoms with van der Waals surface area (Å²) in [6.45, 7) is 8.38. The summed E-state index contributed by atoms with van der Waals surface area (Å²) in [6.07, 6.45) is 5.14. The van der Waals surface area contributed by atoms with Gasteiger partial charge in [0.2, 0.25) is 0 Å². The largest absolute Gasteiger partial charge is 0.460 e. The molecule has 3 nitrogen and oxygen atoms in total. The monoisotopic (exact) mass is 227 g/mol. The molecular weight excluding hydrogens is 202 g/mol. The van der Waals surface area contributed by atoms with E-state index in [2.05, 4.69) is 5.32 Å². The van der Waals surface area contributed by atoms with Crippen LogP contribution in [0.2, 0.25) is 0 Å². The van der Waals surface area contributed by atoms with Gasteiger partial charge >= 0.3 is 5.97 Å². The van der Waals surface area contributed by atoms with Gasteiger partial charge in [-0.2, -0.15) is 0 Å². The minimum absolute atomic E-state index is 0.0557. The van der Waals surface area contributed by atoms with Crippen LogP contribution in [0.25, 0.3) is 0 Å². The Morgan fingerprint density at radius 1 is 1.38 bits per heavy atom. The van der Waals surface area contributed by atoms with Crippen LogP contribution >= 0.6 is 0 Å². The van der Waals surface area contributed by atoms with Gasteiger partial charge in [0.25, 0.3) is 0 Å². The number of carbonyl (C=O) groups excluding carboxylic acids is 1. The zero-order valence-electron chi connectivity index (χ0n) is 11.0. The van der Waals surface area contributed by atoms with Gasteiger partial charge in [-0.05, 0) is 33.6 Å². The van der Waals surface area contributed by atoms with Crippen LogP contribution < -0.4 is 5.32 Å². The molecule has 0 aliphatic heterocycles. The molecule has 1 aliphatic rings. The van der Waals surface area contributed by atoms with Crippen molar-refractivity contribution in [1.29, 1.82) is 0 Å². The quantitative estimate of drug-likeness (QED) is 0.750. The summed E-state index contributed by atoms with van der Waals surface area (Å²) in [7, 11) is 0. The van der Waals surface area contributed by atoms with Gasteiger partial charge < -0.3 is 10.1 Å². The Bertz CT molecular complexity index is 227. The van der Waals surface area contributed by atoms with Crippen molar-refractivity contribution in [1.82, 2.24) is 5.32 Å². The van der Waals surface area contributed by atoms with E-state index in [1.54, 1.807) is 0 Å². The molecule has 1 saturated carbocycles. The van der Waals surface area contributed by atoms with Gasteiger partial charge in [-0.3, -0.25) is 4.79 Å². The molecule has 1 fully saturated rings. The average molecular weight is 227 g/mol. The lowest BCUT2D eigenvalue weighted by Crippen LogP contribution is -2.36. The van der Waals surface area contributed by atoms with E-state index in [1.807, 2.05) is 27.7 Å². The second kappa shape index (κ2) is 5.67. The Labute approximate surface area is 98.9 Å². The Balaban J connectivity index is 2.23. The first-order valence-corrected chi connectivity index (χ1v) is 6.35. The van der Waals surface area contributed by atoms with Crippen molar-refractivity contribution in [3.05, 3.63) is 0 Å². The number of hydrogen-bond acceptors (Lipinski definition) is 3. The van der Waals surface area contributed by atoms with Gasteiger partial charge in [-0.15, -0.1) is 0 Å². The van der Waals surface area contributed by atoms with E-state index in [9.17, 15) is 4.79 Å². The number of hydrogen-bond donors (Lipinski definition) is 1. The van der Waals surface area contributed by atoms with Gasteiger partial charge in [0, 0.05) is 12.6 Å². The van der Waals surface area contributed by atoms with E-state index in [4.69, 9.17) is 4.74 Å². The summed E-state index contributed by atoms with van der Waals surface area (Å²) < 4.78 is 5.34. The average Bonchev–Trinajstić information content (AvgIpc) is 2.63. The number of rotatable bonds is 4. The molecule has 1 aliphatic carbocycles. The Morgan fingerprint density at radius 3 is 2.44 bits per heavy atom. The normalized spacial score (nSPS) is 19.8. The van der Waals surface area contributed by atoms with Crippen molar-refractivity contribution in [2.45, 2.75) is 65.0 Å². The van der Waals surface area contributed by atoms with Crippen molar-refractivity contribution >= 4 is 5.97 Å². The second-order valence-corrected chi connectivity index (χ2v) is 5.82. The summed E-state index contributed by atoms with van der Waals surface area (Å²) in [5.74, 6) is -0.155. The maximum Gasteiger partial charge on any atom is 0.310 e. The fourth-order valence-electron chi connectivity index (χ4n) is 1.96. The molecule has 16 heavy (non-hydrogen) atoms. The molecule has 0 aromatic heterocycles. The molecule has 94 valence electrons. The van der Waals surface area contributed by atoms with Gasteiger partial charge in [0.15, 0.2) is 0 Å². The van der Waals surface area contributed by atoms with E-state index < -0.39 is 0 Å². The smallest absolute Gasteiger partial charge is 0.310 e. The first kappa shape index (κ1) is 13.5. The minimum Gasteiger partial charge on any atom is -0.460 e. The molecule has 1 N–H and O–H groups in total. The highest BCUT2D eigenvalue weighted by Gasteiger charge is 2.23. The topological polar surface area (TPSA) is 38.3 Å². The van der Waals surface area contributed by atoms with Crippen molar-refractivity contribution < 1.29 is 9.53 Å². The van der Waals surface area contributed by atoms with Gasteiger partial charge in [-0.1, -0.05) is 19.8 Å². The number of ether oxygens (including phenoxy) is 1. The molecule has 0 aromatic rings. The van der Waals surface area contributed by atoms with Crippen molar-refractivity contribution in [2.75, 3.05) is 6.54 Å². The first-order chi connectivity index (χ1) is 7.38. The van der Waals surface area contributed by atoms with Crippen molar-refractivity contribution in [3.63, 3.8) is 0 Å². The first-order valence-electron chi connectivity index (χ1n) is 6.35. The van der Waals surface area contributed by atoms with Crippen LogP contribution in [-0.4, -0.2) is 24.2 Å². The molecule has 1 unspecified atom stereocenters. The molecule has 0 radical (unpaired) electrons. The summed E-state index contributed by atoms with van der Waals surface area (Å²) in [5.41, 5.74) is -0.376. The fraction of sp³-hybridized carbons (Fsp3) is 0.923. The fourth-order valence-corrected chi connectivity index (χ4v) is 1.96. The predicted octanol–water partition coefficient (Wildman–Crippen LogP) is 2.50. The van der Waals surface area contributed by atoms with Crippen molar-refractivity contribution in [2.24, 2.45) is 5.92 Å². The van der Waals surface area contributed by atoms with Gasteiger partial charge in [0.05, 0.1) is 5.92 Å². The molecule has 0 aromatic carbocycles. The second-order valence-electron chi connectivity index (χ2n) is 5.82. The molecule has 0 bridgehead atoms. The van der Waals surface area contributed by atoms with E-state index in [0.717, 1.165) is 6.54 Å². The lowest BCUT2D eigenvalue weighted by molar-refractivity contribution is -0.159. The molecule has 0 amide bonds. The molecule has 0 heterocycles. The summed E-state index contributed by atoms with van der Waals surface area (Å²) in [6, 6.07) is 0.616. The Morgan fingerprint density at radius 2 is 1.94 bits per heavy atom. The number of esters is 1. The highest BCUT2D eigenvalue weighted by Crippen LogP contribution is 2.18. The molecular formula is C13H25NO2. The standard InChI is InChI=1S/C13H25NO2/c1-10(12(15)16-13(2,3)4)9-14-11-7-5-6-8-11/h10-11,14H,5-9H2,1-4H3. The SMILES string of the molecule is CC(CNC1CCCC1)C(=O)OC(C)(C)C. The maximum atomic E-state index is 11.7. The molecule has 0 spiro atoms. The lowest BCUT2D eigenvalue weighted by atomic mass is 10.1. The summed E-state index contributed by atoms with van der Waals surface area (Å²) >= 11 is 0. The molecule has 0 saturated heterocycles. The van der Waals surface area contributed by atoms with Crippen LogP contribution in [-0.2, 0) is 9.53 Å². The molecule has 1 rings (SSSR count). The van der Waals surface area contributed by atoms with Gasteiger partial charge in [0.1, 0.15) is 5.60 Å². The van der Waals surface area contributed by atoms with E-state index in [1.165, 1.54) is 25.7 Å². The maximum absolute atomic E-state index is 11.7. The van der Waals surface area contributed by atoms with E-state index in [-0.39, 0.29) is 17.5 Å². The van der Waals surface area contributed by atoms with Crippen LogP contribution in [0, 0.1) is 5.92 Å². The highest BCUT2D eigenvalue weighted by molar-refractivity contribution is 5.72. The predicted molar refractivity (Wildman–Crippen MR) is 65.3 cm³/mol. The van der Waals surface area contributed by atoms with Crippen LogP contribution in [0.5, 0.6) is 0 Å². The zero-order chi connectivity index (χ0) is 12.2. The Kier molecular flexibility index (Phi) is 4.78. The molecule has 3 heteroatoms. The lowest BCUT2D eigenvalue weighted by Gasteiger charge is -2.23. The minimum atomic E-state index is -0.376. The zero-order valence-corrected chi connectivity index (χ0v) is 11.0. The van der Waals surface area contributed by atoms with E-state index in [0.29, 0.717) is 6.04 Å². The van der Waals surface area contributed by atoms with Crippen LogP contribution in [0.3, 0.4) is 0 Å². The third kappa shape index (κ3) is 4.97. The number of nitrogens with one attached hydrogen (secondary N) is 1. The van der Waals surface area contributed by atoms with Crippen molar-refractivity contribution in [3.8, 4) is 0 Å². The summed E-state index contributed by atoms with van der Waals surface area (Å²) in [5, 5.41) is 3.45. The third-order valence-corrected chi connectivity index (χ3v) is 2.88. The Hall–Kier alpha value is -0.570. The number of carbonyl (C=O) groups is 1. The van der Waals surface area contributed by atoms with Crippen LogP contribution in [0.15, 0.2) is 0 Å². The summed E-state index contributed by atoms with van der Waals surface area (Å²) in [4.78, 5) is 11.7. The van der Waals surface area contributed by atoms with Crippen LogP contribution in [0.1, 0.15) is 53.4 Å². The molecule has 1 atom stereocenters. The highest BCUT2D eigenvalue weighted by atomic mass is 16.6. The third-order valence-electron chi connectivity index (χ3n) is 2.88. The van der Waals surface area contributed by atoms with Gasteiger partial charge in [-0.25, -0.2) is 0 Å². The van der Waals surface area contributed by atoms with E-state index >= 15 is 0 Å². The van der Waals surface area contributed by atoms with Crippen LogP contribution in [0.4, 0.5) is 0 Å².